The van der Waals surface area contributed by atoms with Crippen molar-refractivity contribution in [3.63, 3.8) is 0 Å². The molecule has 1 heterocycles. The molecule has 7 heteroatoms. The molecule has 1 N–H and O–H groups in total. The van der Waals surface area contributed by atoms with E-state index in [0.29, 0.717) is 11.4 Å². The fourth-order valence-corrected chi connectivity index (χ4v) is 1.24. The summed E-state index contributed by atoms with van der Waals surface area (Å²) < 4.78 is 0.862. The van der Waals surface area contributed by atoms with Gasteiger partial charge in [-0.3, -0.25) is 10.1 Å². The molecule has 16 heavy (non-hydrogen) atoms. The van der Waals surface area contributed by atoms with Crippen LogP contribution in [-0.4, -0.2) is 19.8 Å². The number of nitrogens with zero attached hydrogens (tertiary/aromatic N) is 3. The van der Waals surface area contributed by atoms with Gasteiger partial charge in [-0.05, 0) is 12.1 Å². The molecule has 0 aliphatic rings. The standard InChI is InChI=1S/C9H7N3O3.ClH/c13-11-6-5-10-9(11)7-1-3-8(4-2-7)12(14)15;/h1-6,13H;1H. The molecular weight excluding hydrogens is 234 g/mol. The van der Waals surface area contributed by atoms with Crippen LogP contribution in [0.3, 0.4) is 0 Å². The van der Waals surface area contributed by atoms with E-state index in [9.17, 15) is 15.3 Å². The quantitative estimate of drug-likeness (QED) is 0.496. The molecule has 2 rings (SSSR count). The summed E-state index contributed by atoms with van der Waals surface area (Å²) in [6.45, 7) is 0. The third-order valence-electron chi connectivity index (χ3n) is 1.96. The molecule has 0 aliphatic carbocycles. The number of non-ortho nitro benzene ring substituents is 1. The molecule has 0 fully saturated rings. The smallest absolute Gasteiger partial charge is 0.269 e. The normalized spacial score (nSPS) is 9.50. The van der Waals surface area contributed by atoms with Crippen LogP contribution >= 0.6 is 12.4 Å². The highest BCUT2D eigenvalue weighted by molar-refractivity contribution is 5.85. The Labute approximate surface area is 96.7 Å². The lowest BCUT2D eigenvalue weighted by molar-refractivity contribution is -0.384. The van der Waals surface area contributed by atoms with Gasteiger partial charge in [0, 0.05) is 23.9 Å². The SMILES string of the molecule is Cl.O=[N+]([O-])c1ccc(-c2nccn2O)cc1. The highest BCUT2D eigenvalue weighted by atomic mass is 35.5. The Balaban J connectivity index is 0.00000128. The van der Waals surface area contributed by atoms with E-state index in [1.165, 1.54) is 36.7 Å². The van der Waals surface area contributed by atoms with E-state index in [-0.39, 0.29) is 18.1 Å². The molecule has 84 valence electrons. The Morgan fingerprint density at radius 3 is 2.38 bits per heavy atom. The van der Waals surface area contributed by atoms with Gasteiger partial charge in [-0.1, -0.05) is 0 Å². The summed E-state index contributed by atoms with van der Waals surface area (Å²) in [4.78, 5) is 13.8. The maximum absolute atomic E-state index is 10.4. The van der Waals surface area contributed by atoms with Crippen molar-refractivity contribution in [1.82, 2.24) is 9.71 Å². The largest absolute Gasteiger partial charge is 0.427 e. The number of aromatic nitrogens is 2. The molecule has 2 aromatic rings. The number of halogens is 1. The Hall–Kier alpha value is -2.08. The van der Waals surface area contributed by atoms with Crippen molar-refractivity contribution in [2.24, 2.45) is 0 Å². The fraction of sp³-hybridized carbons (Fsp3) is 0. The molecule has 6 nitrogen and oxygen atoms in total. The van der Waals surface area contributed by atoms with Crippen LogP contribution < -0.4 is 0 Å². The first-order valence-electron chi connectivity index (χ1n) is 4.16. The first kappa shape index (κ1) is 12.0. The first-order valence-corrected chi connectivity index (χ1v) is 4.16. The van der Waals surface area contributed by atoms with Crippen LogP contribution in [0.4, 0.5) is 5.69 Å². The van der Waals surface area contributed by atoms with Gasteiger partial charge in [0.05, 0.1) is 11.1 Å². The second-order valence-electron chi connectivity index (χ2n) is 2.90. The van der Waals surface area contributed by atoms with Crippen molar-refractivity contribution in [3.05, 3.63) is 46.8 Å². The summed E-state index contributed by atoms with van der Waals surface area (Å²) in [5, 5.41) is 19.7. The second kappa shape index (κ2) is 4.63. The van der Waals surface area contributed by atoms with Crippen molar-refractivity contribution < 1.29 is 10.1 Å². The van der Waals surface area contributed by atoms with Gasteiger partial charge in [-0.25, -0.2) is 4.98 Å². The van der Waals surface area contributed by atoms with Gasteiger partial charge in [0.1, 0.15) is 0 Å². The molecule has 0 amide bonds. The van der Waals surface area contributed by atoms with Crippen molar-refractivity contribution in [3.8, 4) is 11.4 Å². The second-order valence-corrected chi connectivity index (χ2v) is 2.90. The van der Waals surface area contributed by atoms with Crippen LogP contribution in [0.15, 0.2) is 36.7 Å². The van der Waals surface area contributed by atoms with Crippen molar-refractivity contribution in [1.29, 1.82) is 0 Å². The van der Waals surface area contributed by atoms with Gasteiger partial charge in [0.25, 0.3) is 5.69 Å². The van der Waals surface area contributed by atoms with Crippen LogP contribution in [0.1, 0.15) is 0 Å². The number of hydrogen-bond acceptors (Lipinski definition) is 4. The van der Waals surface area contributed by atoms with Crippen LogP contribution in [0.2, 0.25) is 0 Å². The first-order chi connectivity index (χ1) is 7.18. The minimum Gasteiger partial charge on any atom is -0.427 e. The zero-order valence-electron chi connectivity index (χ0n) is 7.98. The third-order valence-corrected chi connectivity index (χ3v) is 1.96. The predicted octanol–water partition coefficient (Wildman–Crippen LogP) is 2.12. The van der Waals surface area contributed by atoms with Gasteiger partial charge < -0.3 is 5.21 Å². The van der Waals surface area contributed by atoms with E-state index in [2.05, 4.69) is 4.98 Å². The van der Waals surface area contributed by atoms with E-state index in [1.54, 1.807) is 0 Å². The average Bonchev–Trinajstić information content (AvgIpc) is 2.65. The highest BCUT2D eigenvalue weighted by Gasteiger charge is 2.08. The van der Waals surface area contributed by atoms with E-state index in [4.69, 9.17) is 0 Å². The van der Waals surface area contributed by atoms with Gasteiger partial charge in [0.15, 0.2) is 5.82 Å². The number of benzene rings is 1. The topological polar surface area (TPSA) is 81.2 Å². The number of rotatable bonds is 2. The average molecular weight is 242 g/mol. The molecule has 0 unspecified atom stereocenters. The lowest BCUT2D eigenvalue weighted by Gasteiger charge is -1.99. The highest BCUT2D eigenvalue weighted by Crippen LogP contribution is 2.19. The number of hydrogen-bond donors (Lipinski definition) is 1. The Kier molecular flexibility index (Phi) is 3.47. The van der Waals surface area contributed by atoms with Crippen LogP contribution in [0, 0.1) is 10.1 Å². The summed E-state index contributed by atoms with van der Waals surface area (Å²) in [5.74, 6) is 0.352. The molecule has 0 atom stereocenters. The summed E-state index contributed by atoms with van der Waals surface area (Å²) in [6, 6.07) is 5.80. The minimum atomic E-state index is -0.477. The predicted molar refractivity (Wildman–Crippen MR) is 58.7 cm³/mol. The minimum absolute atomic E-state index is 0. The van der Waals surface area contributed by atoms with Crippen molar-refractivity contribution in [2.45, 2.75) is 0 Å². The molecule has 0 spiro atoms. The molecule has 1 aromatic carbocycles. The third kappa shape index (κ3) is 2.12. The van der Waals surface area contributed by atoms with Crippen LogP contribution in [0.5, 0.6) is 0 Å². The number of nitro benzene ring substituents is 1. The fourth-order valence-electron chi connectivity index (χ4n) is 1.24. The Morgan fingerprint density at radius 1 is 1.31 bits per heavy atom. The van der Waals surface area contributed by atoms with Gasteiger partial charge in [0.2, 0.25) is 0 Å². The summed E-state index contributed by atoms with van der Waals surface area (Å²) in [6.07, 6.45) is 2.83. The zero-order valence-corrected chi connectivity index (χ0v) is 8.79. The number of nitro groups is 1. The van der Waals surface area contributed by atoms with E-state index >= 15 is 0 Å². The van der Waals surface area contributed by atoms with Crippen LogP contribution in [0.25, 0.3) is 11.4 Å². The maximum atomic E-state index is 10.4. The molecule has 0 bridgehead atoms. The molecule has 0 saturated carbocycles. The summed E-state index contributed by atoms with van der Waals surface area (Å²) >= 11 is 0. The lowest BCUT2D eigenvalue weighted by atomic mass is 10.2. The van der Waals surface area contributed by atoms with Crippen LogP contribution in [-0.2, 0) is 0 Å². The maximum Gasteiger partial charge on any atom is 0.269 e. The zero-order chi connectivity index (χ0) is 10.8. The Bertz CT molecular complexity index is 495. The molecular formula is C9H8ClN3O3. The van der Waals surface area contributed by atoms with Gasteiger partial charge in [-0.2, -0.15) is 4.73 Å². The molecule has 0 radical (unpaired) electrons. The van der Waals surface area contributed by atoms with Crippen molar-refractivity contribution in [2.75, 3.05) is 0 Å². The summed E-state index contributed by atoms with van der Waals surface area (Å²) in [5.41, 5.74) is 0.628. The molecule has 1 aromatic heterocycles. The van der Waals surface area contributed by atoms with E-state index in [1.807, 2.05) is 0 Å². The molecule has 0 aliphatic heterocycles. The lowest BCUT2D eigenvalue weighted by Crippen LogP contribution is -1.93. The number of imidazole rings is 1. The molecule has 0 saturated heterocycles. The summed E-state index contributed by atoms with van der Waals surface area (Å²) in [7, 11) is 0. The van der Waals surface area contributed by atoms with Gasteiger partial charge in [-0.15, -0.1) is 12.4 Å². The monoisotopic (exact) mass is 241 g/mol. The van der Waals surface area contributed by atoms with Crippen molar-refractivity contribution >= 4 is 18.1 Å². The Morgan fingerprint density at radius 2 is 1.94 bits per heavy atom. The van der Waals surface area contributed by atoms with E-state index in [0.717, 1.165) is 4.73 Å². The van der Waals surface area contributed by atoms with E-state index < -0.39 is 4.92 Å². The van der Waals surface area contributed by atoms with Gasteiger partial charge >= 0.3 is 0 Å².